The van der Waals surface area contributed by atoms with Crippen molar-refractivity contribution in [2.45, 2.75) is 46.6 Å². The van der Waals surface area contributed by atoms with E-state index in [1.54, 1.807) is 0 Å². The van der Waals surface area contributed by atoms with E-state index in [4.69, 9.17) is 4.74 Å². The van der Waals surface area contributed by atoms with Crippen molar-refractivity contribution >= 4 is 6.09 Å². The van der Waals surface area contributed by atoms with Crippen LogP contribution in [0.1, 0.15) is 40.5 Å². The Morgan fingerprint density at radius 1 is 1.32 bits per heavy atom. The van der Waals surface area contributed by atoms with E-state index < -0.39 is 0 Å². The molecule has 19 heavy (non-hydrogen) atoms. The molecule has 112 valence electrons. The Labute approximate surface area is 118 Å². The smallest absolute Gasteiger partial charge is 0.410 e. The lowest BCUT2D eigenvalue weighted by Gasteiger charge is -2.21. The second-order valence-corrected chi connectivity index (χ2v) is 6.60. The highest BCUT2D eigenvalue weighted by Crippen LogP contribution is 2.14. The van der Waals surface area contributed by atoms with Gasteiger partial charge in [0.25, 0.3) is 0 Å². The number of carbonyl (C=O) groups is 1. The molecule has 1 saturated heterocycles. The van der Waals surface area contributed by atoms with E-state index in [0.717, 1.165) is 32.6 Å². The second kappa shape index (κ2) is 7.73. The third-order valence-corrected chi connectivity index (χ3v) is 3.35. The third kappa shape index (κ3) is 6.28. The van der Waals surface area contributed by atoms with Crippen LogP contribution in [-0.2, 0) is 4.74 Å². The fraction of sp³-hybridized carbons (Fsp3) is 0.933. The van der Waals surface area contributed by atoms with Gasteiger partial charge in [0.05, 0.1) is 6.54 Å². The lowest BCUT2D eigenvalue weighted by Crippen LogP contribution is -2.34. The molecule has 1 heterocycles. The van der Waals surface area contributed by atoms with Gasteiger partial charge >= 0.3 is 6.09 Å². The number of nitrogens with zero attached hydrogens (tertiary/aromatic N) is 2. The van der Waals surface area contributed by atoms with Crippen molar-refractivity contribution in [1.29, 1.82) is 0 Å². The predicted molar refractivity (Wildman–Crippen MR) is 78.2 cm³/mol. The van der Waals surface area contributed by atoms with E-state index in [1.807, 2.05) is 4.90 Å². The van der Waals surface area contributed by atoms with Crippen molar-refractivity contribution < 1.29 is 9.53 Å². The Morgan fingerprint density at radius 3 is 2.58 bits per heavy atom. The van der Waals surface area contributed by atoms with Crippen LogP contribution in [0.5, 0.6) is 0 Å². The molecule has 1 rings (SSSR count). The lowest BCUT2D eigenvalue weighted by molar-refractivity contribution is 0.110. The Bertz CT molecular complexity index is 279. The van der Waals surface area contributed by atoms with Crippen LogP contribution in [-0.4, -0.2) is 55.2 Å². The lowest BCUT2D eigenvalue weighted by atomic mass is 10.1. The van der Waals surface area contributed by atoms with Gasteiger partial charge in [-0.15, -0.1) is 0 Å². The molecule has 1 unspecified atom stereocenters. The summed E-state index contributed by atoms with van der Waals surface area (Å²) in [6.07, 6.45) is 2.14. The van der Waals surface area contributed by atoms with Gasteiger partial charge < -0.3 is 14.5 Å². The molecule has 0 spiro atoms. The summed E-state index contributed by atoms with van der Waals surface area (Å²) in [6, 6.07) is 0. The normalized spacial score (nSPS) is 19.9. The quantitative estimate of drug-likeness (QED) is 0.680. The van der Waals surface area contributed by atoms with Crippen LogP contribution >= 0.6 is 0 Å². The Morgan fingerprint density at radius 2 is 2.00 bits per heavy atom. The molecular formula is C15H30N2O2. The zero-order chi connectivity index (χ0) is 14.4. The van der Waals surface area contributed by atoms with Gasteiger partial charge in [0.1, 0.15) is 6.10 Å². The molecule has 0 aromatic rings. The van der Waals surface area contributed by atoms with Crippen LogP contribution in [0.15, 0.2) is 0 Å². The number of amides is 1. The first-order valence-corrected chi connectivity index (χ1v) is 7.52. The molecule has 4 heteroatoms. The molecule has 0 aromatic heterocycles. The minimum absolute atomic E-state index is 0.0373. The molecule has 0 aliphatic carbocycles. The molecule has 1 fully saturated rings. The minimum atomic E-state index is -0.133. The Kier molecular flexibility index (Phi) is 6.63. The van der Waals surface area contributed by atoms with E-state index in [0.29, 0.717) is 11.8 Å². The molecule has 1 atom stereocenters. The number of ether oxygens (including phenoxy) is 1. The average molecular weight is 270 g/mol. The first-order chi connectivity index (χ1) is 8.88. The first-order valence-electron chi connectivity index (χ1n) is 7.52. The van der Waals surface area contributed by atoms with Crippen LogP contribution in [0.2, 0.25) is 0 Å². The van der Waals surface area contributed by atoms with Gasteiger partial charge in [-0.3, -0.25) is 0 Å². The predicted octanol–water partition coefficient (Wildman–Crippen LogP) is 2.83. The molecule has 4 nitrogen and oxygen atoms in total. The van der Waals surface area contributed by atoms with E-state index >= 15 is 0 Å². The molecule has 1 amide bonds. The maximum atomic E-state index is 11.7. The molecule has 0 N–H and O–H groups in total. The Balaban J connectivity index is 2.27. The summed E-state index contributed by atoms with van der Waals surface area (Å²) in [7, 11) is 2.09. The second-order valence-electron chi connectivity index (χ2n) is 6.60. The van der Waals surface area contributed by atoms with Crippen molar-refractivity contribution in [3.63, 3.8) is 0 Å². The zero-order valence-corrected chi connectivity index (χ0v) is 13.2. The maximum Gasteiger partial charge on any atom is 0.410 e. The van der Waals surface area contributed by atoms with Crippen LogP contribution in [0, 0.1) is 11.8 Å². The van der Waals surface area contributed by atoms with Gasteiger partial charge in [-0.2, -0.15) is 0 Å². The van der Waals surface area contributed by atoms with Gasteiger partial charge in [-0.25, -0.2) is 4.79 Å². The fourth-order valence-electron chi connectivity index (χ4n) is 2.59. The molecule has 0 aromatic carbocycles. The van der Waals surface area contributed by atoms with Crippen molar-refractivity contribution in [3.05, 3.63) is 0 Å². The van der Waals surface area contributed by atoms with E-state index in [9.17, 15) is 4.79 Å². The number of rotatable bonds is 8. The summed E-state index contributed by atoms with van der Waals surface area (Å²) in [4.78, 5) is 15.9. The summed E-state index contributed by atoms with van der Waals surface area (Å²) < 4.78 is 5.43. The van der Waals surface area contributed by atoms with E-state index in [2.05, 4.69) is 39.6 Å². The third-order valence-electron chi connectivity index (χ3n) is 3.35. The molecule has 0 saturated carbocycles. The number of carbonyl (C=O) groups excluding carboxylic acids is 1. The highest BCUT2D eigenvalue weighted by Gasteiger charge is 2.31. The van der Waals surface area contributed by atoms with Gasteiger partial charge in [-0.1, -0.05) is 27.7 Å². The standard InChI is InChI=1S/C15H30N2O2/c1-12(2)7-6-8-17-11-14(19-15(17)18)10-16(5)9-13(3)4/h12-14H,6-11H2,1-5H3. The Hall–Kier alpha value is -0.770. The van der Waals surface area contributed by atoms with Crippen LogP contribution in [0.4, 0.5) is 4.79 Å². The van der Waals surface area contributed by atoms with Gasteiger partial charge in [0.15, 0.2) is 0 Å². The molecule has 1 aliphatic heterocycles. The summed E-state index contributed by atoms with van der Waals surface area (Å²) in [6.45, 7) is 12.3. The van der Waals surface area contributed by atoms with E-state index in [-0.39, 0.29) is 12.2 Å². The average Bonchev–Trinajstić information content (AvgIpc) is 2.57. The highest BCUT2D eigenvalue weighted by molar-refractivity contribution is 5.69. The monoisotopic (exact) mass is 270 g/mol. The zero-order valence-electron chi connectivity index (χ0n) is 13.2. The number of hydrogen-bond donors (Lipinski definition) is 0. The van der Waals surface area contributed by atoms with Crippen molar-refractivity contribution in [1.82, 2.24) is 9.80 Å². The van der Waals surface area contributed by atoms with Gasteiger partial charge in [-0.05, 0) is 31.7 Å². The summed E-state index contributed by atoms with van der Waals surface area (Å²) in [5.41, 5.74) is 0. The summed E-state index contributed by atoms with van der Waals surface area (Å²) in [5.74, 6) is 1.34. The number of cyclic esters (lactones) is 1. The van der Waals surface area contributed by atoms with E-state index in [1.165, 1.54) is 6.42 Å². The van der Waals surface area contributed by atoms with Gasteiger partial charge in [0.2, 0.25) is 0 Å². The molecule has 0 radical (unpaired) electrons. The molecular weight excluding hydrogens is 240 g/mol. The van der Waals surface area contributed by atoms with Gasteiger partial charge in [0, 0.05) is 19.6 Å². The van der Waals surface area contributed by atoms with Crippen LogP contribution in [0.25, 0.3) is 0 Å². The number of hydrogen-bond acceptors (Lipinski definition) is 3. The minimum Gasteiger partial charge on any atom is -0.443 e. The first kappa shape index (κ1) is 16.3. The molecule has 1 aliphatic rings. The SMILES string of the molecule is CC(C)CCCN1CC(CN(C)CC(C)C)OC1=O. The summed E-state index contributed by atoms with van der Waals surface area (Å²) in [5, 5.41) is 0. The molecule has 0 bridgehead atoms. The van der Waals surface area contributed by atoms with Crippen molar-refractivity contribution in [2.24, 2.45) is 11.8 Å². The van der Waals surface area contributed by atoms with Crippen LogP contribution in [0.3, 0.4) is 0 Å². The largest absolute Gasteiger partial charge is 0.443 e. The van der Waals surface area contributed by atoms with Crippen LogP contribution < -0.4 is 0 Å². The highest BCUT2D eigenvalue weighted by atomic mass is 16.6. The van der Waals surface area contributed by atoms with Crippen molar-refractivity contribution in [3.8, 4) is 0 Å². The number of likely N-dealkylation sites (N-methyl/N-ethyl adjacent to an activating group) is 1. The van der Waals surface area contributed by atoms with Crippen molar-refractivity contribution in [2.75, 3.05) is 33.2 Å². The maximum absolute atomic E-state index is 11.7. The fourth-order valence-corrected chi connectivity index (χ4v) is 2.59. The summed E-state index contributed by atoms with van der Waals surface area (Å²) >= 11 is 0. The topological polar surface area (TPSA) is 32.8 Å².